The predicted octanol–water partition coefficient (Wildman–Crippen LogP) is 3.03. The van der Waals surface area contributed by atoms with Gasteiger partial charge in [0.25, 0.3) is 0 Å². The molecule has 23 heavy (non-hydrogen) atoms. The monoisotopic (exact) mass is 312 g/mol. The normalized spacial score (nSPS) is 22.0. The summed E-state index contributed by atoms with van der Waals surface area (Å²) in [6.45, 7) is 4.94. The van der Waals surface area contributed by atoms with E-state index in [1.807, 2.05) is 13.1 Å². The Kier molecular flexibility index (Phi) is 4.12. The van der Waals surface area contributed by atoms with Crippen molar-refractivity contribution < 1.29 is 4.42 Å². The van der Waals surface area contributed by atoms with Crippen molar-refractivity contribution in [3.8, 4) is 0 Å². The van der Waals surface area contributed by atoms with E-state index in [2.05, 4.69) is 21.2 Å². The van der Waals surface area contributed by atoms with E-state index >= 15 is 0 Å². The lowest BCUT2D eigenvalue weighted by atomic mass is 9.90. The van der Waals surface area contributed by atoms with Crippen LogP contribution >= 0.6 is 0 Å². The van der Waals surface area contributed by atoms with E-state index in [1.165, 1.54) is 48.9 Å². The topological polar surface area (TPSA) is 55.1 Å². The van der Waals surface area contributed by atoms with E-state index < -0.39 is 0 Å². The van der Waals surface area contributed by atoms with Gasteiger partial charge in [0.1, 0.15) is 0 Å². The summed E-state index contributed by atoms with van der Waals surface area (Å²) < 4.78 is 5.65. The third-order valence-electron chi connectivity index (χ3n) is 5.13. The average Bonchev–Trinajstić information content (AvgIpc) is 3.02. The van der Waals surface area contributed by atoms with E-state index in [0.29, 0.717) is 11.8 Å². The molecule has 0 amide bonds. The Morgan fingerprint density at radius 3 is 3.00 bits per heavy atom. The van der Waals surface area contributed by atoms with Crippen LogP contribution in [0.15, 0.2) is 16.7 Å². The van der Waals surface area contributed by atoms with Gasteiger partial charge in [0.15, 0.2) is 0 Å². The number of fused-ring (bicyclic) bond motifs is 1. The minimum atomic E-state index is 0.365. The molecule has 1 atom stereocenters. The average molecular weight is 312 g/mol. The van der Waals surface area contributed by atoms with Crippen LogP contribution in [0.5, 0.6) is 0 Å². The van der Waals surface area contributed by atoms with Crippen molar-refractivity contribution in [3.63, 3.8) is 0 Å². The number of rotatable bonds is 3. The molecule has 1 fully saturated rings. The second-order valence-corrected chi connectivity index (χ2v) is 6.84. The van der Waals surface area contributed by atoms with Gasteiger partial charge in [0, 0.05) is 26.2 Å². The van der Waals surface area contributed by atoms with Crippen LogP contribution in [-0.2, 0) is 19.4 Å². The van der Waals surface area contributed by atoms with Gasteiger partial charge in [-0.05, 0) is 62.3 Å². The summed E-state index contributed by atoms with van der Waals surface area (Å²) in [5.41, 5.74) is 4.31. The first-order valence-electron chi connectivity index (χ1n) is 8.77. The van der Waals surface area contributed by atoms with Gasteiger partial charge in [-0.15, -0.1) is 10.2 Å². The number of hydrogen-bond donors (Lipinski definition) is 0. The molecular weight excluding hydrogens is 288 g/mol. The zero-order valence-electron chi connectivity index (χ0n) is 13.8. The molecule has 0 N–H and O–H groups in total. The molecule has 0 radical (unpaired) electrons. The number of likely N-dealkylation sites (tertiary alicyclic amines) is 1. The quantitative estimate of drug-likeness (QED) is 0.872. The molecule has 0 aromatic carbocycles. The minimum Gasteiger partial charge on any atom is -0.425 e. The lowest BCUT2D eigenvalue weighted by Crippen LogP contribution is -2.34. The summed E-state index contributed by atoms with van der Waals surface area (Å²) in [6.07, 6.45) is 9.34. The Balaban J connectivity index is 1.48. The van der Waals surface area contributed by atoms with Gasteiger partial charge in [0.05, 0.1) is 11.6 Å². The maximum atomic E-state index is 5.65. The second kappa shape index (κ2) is 6.40. The third-order valence-corrected chi connectivity index (χ3v) is 5.13. The van der Waals surface area contributed by atoms with Crippen LogP contribution in [-0.4, -0.2) is 33.2 Å². The van der Waals surface area contributed by atoms with E-state index in [4.69, 9.17) is 9.40 Å². The second-order valence-electron chi connectivity index (χ2n) is 6.84. The summed E-state index contributed by atoms with van der Waals surface area (Å²) >= 11 is 0. The molecule has 1 aliphatic carbocycles. The highest BCUT2D eigenvalue weighted by atomic mass is 16.4. The minimum absolute atomic E-state index is 0.365. The fraction of sp³-hybridized carbons (Fsp3) is 0.611. The number of piperidine rings is 1. The first-order chi connectivity index (χ1) is 11.3. The van der Waals surface area contributed by atoms with Gasteiger partial charge >= 0.3 is 0 Å². The van der Waals surface area contributed by atoms with Gasteiger partial charge in [-0.2, -0.15) is 0 Å². The lowest BCUT2D eigenvalue weighted by Gasteiger charge is -2.31. The van der Waals surface area contributed by atoms with Crippen molar-refractivity contribution in [1.82, 2.24) is 20.1 Å². The Morgan fingerprint density at radius 1 is 1.22 bits per heavy atom. The SMILES string of the molecule is Cc1nnc([C@H]2CCCN(Cc3nccc4c3CCCC4)C2)o1. The molecule has 2 aromatic rings. The van der Waals surface area contributed by atoms with Gasteiger partial charge in [-0.1, -0.05) is 0 Å². The number of aryl methyl sites for hydroxylation is 2. The maximum absolute atomic E-state index is 5.65. The molecule has 0 saturated carbocycles. The van der Waals surface area contributed by atoms with Crippen LogP contribution in [0.25, 0.3) is 0 Å². The van der Waals surface area contributed by atoms with Crippen molar-refractivity contribution in [2.45, 2.75) is 57.9 Å². The smallest absolute Gasteiger partial charge is 0.220 e. The summed E-state index contributed by atoms with van der Waals surface area (Å²) in [5.74, 6) is 1.83. The van der Waals surface area contributed by atoms with Gasteiger partial charge < -0.3 is 4.42 Å². The van der Waals surface area contributed by atoms with Gasteiger partial charge in [0.2, 0.25) is 11.8 Å². The Hall–Kier alpha value is -1.75. The van der Waals surface area contributed by atoms with Crippen molar-refractivity contribution >= 4 is 0 Å². The summed E-state index contributed by atoms with van der Waals surface area (Å²) in [4.78, 5) is 7.20. The molecule has 0 bridgehead atoms. The Labute approximate surface area is 137 Å². The number of pyridine rings is 1. The van der Waals surface area contributed by atoms with Gasteiger partial charge in [-0.3, -0.25) is 9.88 Å². The molecule has 1 aliphatic heterocycles. The summed E-state index contributed by atoms with van der Waals surface area (Å²) in [5, 5.41) is 8.20. The van der Waals surface area contributed by atoms with Crippen molar-refractivity contribution in [1.29, 1.82) is 0 Å². The molecule has 5 nitrogen and oxygen atoms in total. The van der Waals surface area contributed by atoms with Crippen molar-refractivity contribution in [2.75, 3.05) is 13.1 Å². The highest BCUT2D eigenvalue weighted by molar-refractivity contribution is 5.32. The van der Waals surface area contributed by atoms with Gasteiger partial charge in [-0.25, -0.2) is 0 Å². The van der Waals surface area contributed by atoms with Crippen LogP contribution in [0.3, 0.4) is 0 Å². The largest absolute Gasteiger partial charge is 0.425 e. The van der Waals surface area contributed by atoms with Crippen LogP contribution in [0, 0.1) is 6.92 Å². The number of aromatic nitrogens is 3. The highest BCUT2D eigenvalue weighted by Crippen LogP contribution is 2.28. The summed E-state index contributed by atoms with van der Waals surface area (Å²) in [6, 6.07) is 2.21. The molecule has 0 spiro atoms. The zero-order chi connectivity index (χ0) is 15.6. The van der Waals surface area contributed by atoms with Crippen molar-refractivity contribution in [2.24, 2.45) is 0 Å². The fourth-order valence-electron chi connectivity index (χ4n) is 3.96. The predicted molar refractivity (Wildman–Crippen MR) is 87.2 cm³/mol. The Bertz CT molecular complexity index is 681. The zero-order valence-corrected chi connectivity index (χ0v) is 13.8. The molecule has 3 heterocycles. The number of nitrogens with zero attached hydrogens (tertiary/aromatic N) is 4. The molecule has 2 aromatic heterocycles. The van der Waals surface area contributed by atoms with E-state index in [-0.39, 0.29) is 0 Å². The first kappa shape index (κ1) is 14.8. The molecule has 122 valence electrons. The first-order valence-corrected chi connectivity index (χ1v) is 8.77. The maximum Gasteiger partial charge on any atom is 0.220 e. The van der Waals surface area contributed by atoms with Crippen LogP contribution in [0.2, 0.25) is 0 Å². The number of hydrogen-bond acceptors (Lipinski definition) is 5. The Morgan fingerprint density at radius 2 is 2.13 bits per heavy atom. The standard InChI is InChI=1S/C18H24N4O/c1-13-20-21-18(23-13)15-6-4-10-22(11-15)12-17-16-7-3-2-5-14(16)8-9-19-17/h8-9,15H,2-7,10-12H2,1H3/t15-/m0/s1. The molecule has 2 aliphatic rings. The molecule has 1 saturated heterocycles. The van der Waals surface area contributed by atoms with Crippen LogP contribution in [0.1, 0.15) is 60.2 Å². The molecular formula is C18H24N4O. The van der Waals surface area contributed by atoms with Crippen LogP contribution < -0.4 is 0 Å². The van der Waals surface area contributed by atoms with Crippen LogP contribution in [0.4, 0.5) is 0 Å². The lowest BCUT2D eigenvalue weighted by molar-refractivity contribution is 0.183. The molecule has 4 rings (SSSR count). The third kappa shape index (κ3) is 3.15. The van der Waals surface area contributed by atoms with E-state index in [0.717, 1.165) is 31.9 Å². The van der Waals surface area contributed by atoms with E-state index in [1.54, 1.807) is 0 Å². The van der Waals surface area contributed by atoms with Crippen molar-refractivity contribution in [3.05, 3.63) is 40.9 Å². The molecule has 0 unspecified atom stereocenters. The molecule has 5 heteroatoms. The summed E-state index contributed by atoms with van der Waals surface area (Å²) in [7, 11) is 0. The van der Waals surface area contributed by atoms with E-state index in [9.17, 15) is 0 Å². The fourth-order valence-corrected chi connectivity index (χ4v) is 3.96. The highest BCUT2D eigenvalue weighted by Gasteiger charge is 2.26.